The third-order valence-corrected chi connectivity index (χ3v) is 2.07. The predicted octanol–water partition coefficient (Wildman–Crippen LogP) is 2.04. The zero-order valence-corrected chi connectivity index (χ0v) is 8.65. The minimum atomic E-state index is -1.73. The van der Waals surface area contributed by atoms with Crippen LogP contribution in [0.1, 0.15) is 12.8 Å². The molecule has 0 unspecified atom stereocenters. The van der Waals surface area contributed by atoms with E-state index < -0.39 is 16.0 Å². The second kappa shape index (κ2) is 5.30. The topological polar surface area (TPSA) is 40.5 Å². The van der Waals surface area contributed by atoms with Gasteiger partial charge in [0.1, 0.15) is 6.10 Å². The highest BCUT2D eigenvalue weighted by molar-refractivity contribution is 6.68. The highest BCUT2D eigenvalue weighted by Crippen LogP contribution is 2.32. The molecule has 0 aromatic carbocycles. The van der Waals surface area contributed by atoms with Gasteiger partial charge in [-0.3, -0.25) is 0 Å². The molecule has 0 bridgehead atoms. The van der Waals surface area contributed by atoms with E-state index in [0.717, 1.165) is 0 Å². The molecule has 0 aromatic rings. The molecule has 0 spiro atoms. The number of aliphatic hydroxyl groups is 2. The van der Waals surface area contributed by atoms with Crippen LogP contribution in [-0.2, 0) is 0 Å². The summed E-state index contributed by atoms with van der Waals surface area (Å²) in [6, 6.07) is 0. The molecular weight excluding hydrogens is 222 g/mol. The Bertz CT molecular complexity index is 144. The van der Waals surface area contributed by atoms with Crippen molar-refractivity contribution in [1.29, 1.82) is 0 Å². The van der Waals surface area contributed by atoms with Crippen LogP contribution in [0.5, 0.6) is 0 Å². The molecule has 12 heavy (non-hydrogen) atoms. The van der Waals surface area contributed by atoms with Gasteiger partial charge in [0.05, 0.1) is 6.10 Å². The monoisotopic (exact) mass is 232 g/mol. The summed E-state index contributed by atoms with van der Waals surface area (Å²) < 4.78 is -1.73. The lowest BCUT2D eigenvalue weighted by molar-refractivity contribution is 0.0844. The van der Waals surface area contributed by atoms with Crippen molar-refractivity contribution in [2.75, 3.05) is 0 Å². The molecule has 0 aromatic heterocycles. The van der Waals surface area contributed by atoms with E-state index in [1.54, 1.807) is 0 Å². The van der Waals surface area contributed by atoms with Gasteiger partial charge >= 0.3 is 0 Å². The van der Waals surface area contributed by atoms with E-state index in [0.29, 0.717) is 6.42 Å². The summed E-state index contributed by atoms with van der Waals surface area (Å²) in [6.07, 6.45) is 0.0707. The van der Waals surface area contributed by atoms with Crippen molar-refractivity contribution < 1.29 is 10.2 Å². The molecule has 2 atom stereocenters. The molecule has 0 aliphatic rings. The molecule has 0 fully saturated rings. The number of alkyl halides is 3. The lowest BCUT2D eigenvalue weighted by Gasteiger charge is -2.20. The summed E-state index contributed by atoms with van der Waals surface area (Å²) >= 11 is 16.1. The summed E-state index contributed by atoms with van der Waals surface area (Å²) in [5.74, 6) is 0. The second-order valence-corrected chi connectivity index (χ2v) is 4.84. The predicted molar refractivity (Wildman–Crippen MR) is 51.7 cm³/mol. The average Bonchev–Trinajstić information content (AvgIpc) is 1.85. The number of rotatable bonds is 4. The third kappa shape index (κ3) is 5.22. The molecular formula is C7H11Cl3O2. The summed E-state index contributed by atoms with van der Waals surface area (Å²) in [6.45, 7) is 3.43. The summed E-state index contributed by atoms with van der Waals surface area (Å²) in [7, 11) is 0. The molecule has 0 radical (unpaired) electrons. The molecule has 0 aliphatic heterocycles. The lowest BCUT2D eigenvalue weighted by Crippen LogP contribution is -2.29. The Labute approximate surface area is 86.7 Å². The van der Waals surface area contributed by atoms with Crippen molar-refractivity contribution in [3.8, 4) is 0 Å². The van der Waals surface area contributed by atoms with Crippen molar-refractivity contribution in [1.82, 2.24) is 0 Å². The smallest absolute Gasteiger partial charge is 0.216 e. The number of aliphatic hydroxyl groups excluding tert-OH is 2. The number of hydrogen-bond acceptors (Lipinski definition) is 2. The molecule has 0 aliphatic carbocycles. The molecule has 2 N–H and O–H groups in total. The highest BCUT2D eigenvalue weighted by atomic mass is 35.6. The fourth-order valence-electron chi connectivity index (χ4n) is 0.680. The fraction of sp³-hybridized carbons (Fsp3) is 0.714. The standard InChI is InChI=1S/C7H11Cl3O2/c1-2-3-5(11)4-6(12)7(8,9)10/h2,5-6,11-12H,1,3-4H2/t5-,6+/m0/s1. The van der Waals surface area contributed by atoms with Gasteiger partial charge in [0.25, 0.3) is 0 Å². The van der Waals surface area contributed by atoms with E-state index in [4.69, 9.17) is 34.8 Å². The Hall–Kier alpha value is 0.530. The Kier molecular flexibility index (Phi) is 5.53. The largest absolute Gasteiger partial charge is 0.393 e. The van der Waals surface area contributed by atoms with Gasteiger partial charge in [-0.15, -0.1) is 6.58 Å². The van der Waals surface area contributed by atoms with Crippen molar-refractivity contribution in [2.24, 2.45) is 0 Å². The molecule has 0 saturated carbocycles. The van der Waals surface area contributed by atoms with Gasteiger partial charge in [-0.1, -0.05) is 40.9 Å². The van der Waals surface area contributed by atoms with Gasteiger partial charge in [-0.25, -0.2) is 0 Å². The summed E-state index contributed by atoms with van der Waals surface area (Å²) in [5.41, 5.74) is 0. The minimum Gasteiger partial charge on any atom is -0.393 e. The van der Waals surface area contributed by atoms with Crippen LogP contribution in [0, 0.1) is 0 Å². The second-order valence-electron chi connectivity index (χ2n) is 2.47. The molecule has 0 rings (SSSR count). The van der Waals surface area contributed by atoms with Crippen molar-refractivity contribution >= 4 is 34.8 Å². The molecule has 2 nitrogen and oxygen atoms in total. The van der Waals surface area contributed by atoms with E-state index in [-0.39, 0.29) is 6.42 Å². The quantitative estimate of drug-likeness (QED) is 0.576. The normalized spacial score (nSPS) is 17.1. The van der Waals surface area contributed by atoms with Crippen molar-refractivity contribution in [3.63, 3.8) is 0 Å². The molecule has 0 amide bonds. The van der Waals surface area contributed by atoms with Gasteiger partial charge in [-0.2, -0.15) is 0 Å². The zero-order chi connectivity index (χ0) is 9.78. The van der Waals surface area contributed by atoms with Crippen LogP contribution in [0.25, 0.3) is 0 Å². The Morgan fingerprint density at radius 2 is 1.83 bits per heavy atom. The van der Waals surface area contributed by atoms with Crippen LogP contribution in [0.2, 0.25) is 0 Å². The van der Waals surface area contributed by atoms with Crippen molar-refractivity contribution in [3.05, 3.63) is 12.7 Å². The van der Waals surface area contributed by atoms with Gasteiger partial charge in [0.2, 0.25) is 3.79 Å². The molecule has 0 heterocycles. The van der Waals surface area contributed by atoms with E-state index in [9.17, 15) is 10.2 Å². The van der Waals surface area contributed by atoms with E-state index >= 15 is 0 Å². The maximum atomic E-state index is 9.19. The number of halogens is 3. The summed E-state index contributed by atoms with van der Waals surface area (Å²) in [4.78, 5) is 0. The van der Waals surface area contributed by atoms with Crippen LogP contribution in [0.15, 0.2) is 12.7 Å². The van der Waals surface area contributed by atoms with Gasteiger partial charge in [0, 0.05) is 6.42 Å². The third-order valence-electron chi connectivity index (χ3n) is 1.31. The Balaban J connectivity index is 3.83. The first-order valence-corrected chi connectivity index (χ1v) is 4.55. The van der Waals surface area contributed by atoms with Crippen molar-refractivity contribution in [2.45, 2.75) is 28.8 Å². The molecule has 72 valence electrons. The Morgan fingerprint density at radius 3 is 2.17 bits per heavy atom. The Morgan fingerprint density at radius 1 is 1.33 bits per heavy atom. The first kappa shape index (κ1) is 12.5. The van der Waals surface area contributed by atoms with E-state index in [1.807, 2.05) is 0 Å². The van der Waals surface area contributed by atoms with Gasteiger partial charge < -0.3 is 10.2 Å². The zero-order valence-electron chi connectivity index (χ0n) is 6.38. The van der Waals surface area contributed by atoms with E-state index in [2.05, 4.69) is 6.58 Å². The molecule has 5 heteroatoms. The van der Waals surface area contributed by atoms with Gasteiger partial charge in [-0.05, 0) is 6.42 Å². The minimum absolute atomic E-state index is 0.0303. The van der Waals surface area contributed by atoms with Crippen LogP contribution >= 0.6 is 34.8 Å². The highest BCUT2D eigenvalue weighted by Gasteiger charge is 2.31. The molecule has 0 saturated heterocycles. The van der Waals surface area contributed by atoms with Crippen LogP contribution in [-0.4, -0.2) is 26.2 Å². The summed E-state index contributed by atoms with van der Waals surface area (Å²) in [5, 5.41) is 18.4. The van der Waals surface area contributed by atoms with Crippen LogP contribution in [0.4, 0.5) is 0 Å². The van der Waals surface area contributed by atoms with Crippen LogP contribution < -0.4 is 0 Å². The van der Waals surface area contributed by atoms with Crippen LogP contribution in [0.3, 0.4) is 0 Å². The SMILES string of the molecule is C=CC[C@H](O)C[C@@H](O)C(Cl)(Cl)Cl. The number of hydrogen-bond donors (Lipinski definition) is 2. The van der Waals surface area contributed by atoms with E-state index in [1.165, 1.54) is 6.08 Å². The first-order chi connectivity index (χ1) is 5.38. The maximum Gasteiger partial charge on any atom is 0.216 e. The first-order valence-electron chi connectivity index (χ1n) is 3.41. The average molecular weight is 234 g/mol. The lowest BCUT2D eigenvalue weighted by atomic mass is 10.1. The van der Waals surface area contributed by atoms with Gasteiger partial charge in [0.15, 0.2) is 0 Å². The fourth-order valence-corrected chi connectivity index (χ4v) is 0.947. The maximum absolute atomic E-state index is 9.19.